The first-order valence-electron chi connectivity index (χ1n) is 9.76. The second kappa shape index (κ2) is 6.66. The summed E-state index contributed by atoms with van der Waals surface area (Å²) in [5.74, 6) is 0.00998. The van der Waals surface area contributed by atoms with Crippen LogP contribution in [0.5, 0.6) is 0 Å². The lowest BCUT2D eigenvalue weighted by Crippen LogP contribution is -2.43. The maximum Gasteiger partial charge on any atom is 0.410 e. The summed E-state index contributed by atoms with van der Waals surface area (Å²) in [6.07, 6.45) is 0.219. The molecule has 5 atom stereocenters. The molecule has 2 saturated heterocycles. The number of imide groups is 1. The summed E-state index contributed by atoms with van der Waals surface area (Å²) in [7, 11) is 0. The molecule has 4 rings (SSSR count). The van der Waals surface area contributed by atoms with Crippen molar-refractivity contribution in [2.45, 2.75) is 45.9 Å². The van der Waals surface area contributed by atoms with Crippen LogP contribution in [0.15, 0.2) is 30.3 Å². The van der Waals surface area contributed by atoms with E-state index in [-0.39, 0.29) is 42.3 Å². The molecule has 0 bridgehead atoms. The van der Waals surface area contributed by atoms with Gasteiger partial charge in [-0.1, -0.05) is 51.1 Å². The number of benzene rings is 1. The largest absolute Gasteiger partial charge is 0.445 e. The number of likely N-dealkylation sites (tertiary alicyclic amines) is 2. The highest BCUT2D eigenvalue weighted by molar-refractivity contribution is 6.01. The van der Waals surface area contributed by atoms with Gasteiger partial charge in [-0.3, -0.25) is 14.5 Å². The molecule has 1 aromatic rings. The number of nitrogens with zero attached hydrogens (tertiary/aromatic N) is 2. The smallest absolute Gasteiger partial charge is 0.410 e. The zero-order valence-electron chi connectivity index (χ0n) is 16.0. The summed E-state index contributed by atoms with van der Waals surface area (Å²) in [5, 5.41) is 0. The third kappa shape index (κ3) is 2.91. The van der Waals surface area contributed by atoms with Crippen LogP contribution >= 0.6 is 0 Å². The molecule has 1 saturated carbocycles. The molecule has 0 radical (unpaired) electrons. The number of rotatable bonds is 3. The average molecular weight is 370 g/mol. The van der Waals surface area contributed by atoms with Crippen molar-refractivity contribution in [2.24, 2.45) is 23.7 Å². The molecule has 1 aliphatic carbocycles. The second-order valence-corrected chi connectivity index (χ2v) is 8.16. The molecule has 2 heterocycles. The third-order valence-electron chi connectivity index (χ3n) is 6.67. The van der Waals surface area contributed by atoms with E-state index >= 15 is 0 Å². The fourth-order valence-corrected chi connectivity index (χ4v) is 4.77. The number of amides is 3. The van der Waals surface area contributed by atoms with Gasteiger partial charge in [0.1, 0.15) is 6.61 Å². The van der Waals surface area contributed by atoms with Crippen LogP contribution in [0.25, 0.3) is 0 Å². The predicted octanol–water partition coefficient (Wildman–Crippen LogP) is 2.67. The van der Waals surface area contributed by atoms with Gasteiger partial charge < -0.3 is 9.64 Å². The summed E-state index contributed by atoms with van der Waals surface area (Å²) in [6.45, 7) is 6.64. The number of carbonyl (C=O) groups is 3. The molecule has 0 N–H and O–H groups in total. The van der Waals surface area contributed by atoms with Crippen LogP contribution in [-0.4, -0.2) is 46.3 Å². The summed E-state index contributed by atoms with van der Waals surface area (Å²) in [6, 6.07) is 9.01. The van der Waals surface area contributed by atoms with E-state index in [1.807, 2.05) is 37.3 Å². The van der Waals surface area contributed by atoms with Crippen LogP contribution in [0, 0.1) is 23.7 Å². The summed E-state index contributed by atoms with van der Waals surface area (Å²) >= 11 is 0. The van der Waals surface area contributed by atoms with Gasteiger partial charge in [-0.2, -0.15) is 0 Å². The topological polar surface area (TPSA) is 66.9 Å². The Morgan fingerprint density at radius 2 is 1.78 bits per heavy atom. The molecule has 6 nitrogen and oxygen atoms in total. The highest BCUT2D eigenvalue weighted by atomic mass is 16.6. The van der Waals surface area contributed by atoms with Crippen molar-refractivity contribution in [3.63, 3.8) is 0 Å². The first-order valence-corrected chi connectivity index (χ1v) is 9.76. The van der Waals surface area contributed by atoms with Gasteiger partial charge in [0.25, 0.3) is 0 Å². The number of hydrogen-bond acceptors (Lipinski definition) is 4. The van der Waals surface area contributed by atoms with E-state index in [0.29, 0.717) is 24.8 Å². The van der Waals surface area contributed by atoms with Crippen molar-refractivity contribution in [2.75, 3.05) is 6.54 Å². The van der Waals surface area contributed by atoms with Crippen molar-refractivity contribution in [3.8, 4) is 0 Å². The molecule has 0 spiro atoms. The van der Waals surface area contributed by atoms with E-state index in [4.69, 9.17) is 4.74 Å². The molecule has 3 amide bonds. The molecule has 6 heteroatoms. The molecule has 0 unspecified atom stereocenters. The Labute approximate surface area is 159 Å². The molecular weight excluding hydrogens is 344 g/mol. The zero-order valence-corrected chi connectivity index (χ0v) is 16.0. The van der Waals surface area contributed by atoms with E-state index in [0.717, 1.165) is 5.56 Å². The van der Waals surface area contributed by atoms with Gasteiger partial charge in [0.15, 0.2) is 0 Å². The van der Waals surface area contributed by atoms with Gasteiger partial charge in [-0.15, -0.1) is 0 Å². The van der Waals surface area contributed by atoms with E-state index in [2.05, 4.69) is 13.8 Å². The molecule has 27 heavy (non-hydrogen) atoms. The quantitative estimate of drug-likeness (QED) is 0.767. The van der Waals surface area contributed by atoms with E-state index in [9.17, 15) is 14.4 Å². The van der Waals surface area contributed by atoms with Crippen LogP contribution in [0.3, 0.4) is 0 Å². The maximum absolute atomic E-state index is 12.9. The predicted molar refractivity (Wildman–Crippen MR) is 98.4 cm³/mol. The Balaban J connectivity index is 1.45. The number of hydrogen-bond donors (Lipinski definition) is 0. The monoisotopic (exact) mass is 370 g/mol. The van der Waals surface area contributed by atoms with Gasteiger partial charge >= 0.3 is 6.09 Å². The lowest BCUT2D eigenvalue weighted by Gasteiger charge is -2.25. The molecule has 0 aromatic heterocycles. The molecule has 3 aliphatic rings. The minimum Gasteiger partial charge on any atom is -0.445 e. The van der Waals surface area contributed by atoms with Crippen LogP contribution in [0.2, 0.25) is 0 Å². The van der Waals surface area contributed by atoms with E-state index in [1.165, 1.54) is 4.90 Å². The molecule has 2 aliphatic heterocycles. The number of carbonyl (C=O) groups excluding carboxylic acids is 3. The van der Waals surface area contributed by atoms with Gasteiger partial charge in [0, 0.05) is 12.5 Å². The number of fused-ring (bicyclic) bond motifs is 1. The average Bonchev–Trinajstić information content (AvgIpc) is 2.99. The highest BCUT2D eigenvalue weighted by Gasteiger charge is 2.59. The minimum atomic E-state index is -0.409. The maximum atomic E-state index is 12.9. The van der Waals surface area contributed by atoms with Crippen molar-refractivity contribution < 1.29 is 19.1 Å². The molecular formula is C21H26N2O4. The van der Waals surface area contributed by atoms with Crippen LogP contribution < -0.4 is 0 Å². The molecule has 144 valence electrons. The van der Waals surface area contributed by atoms with Gasteiger partial charge in [0.2, 0.25) is 11.8 Å². The summed E-state index contributed by atoms with van der Waals surface area (Å²) in [4.78, 5) is 41.4. The first-order chi connectivity index (χ1) is 12.9. The lowest BCUT2D eigenvalue weighted by atomic mass is 10.0. The Morgan fingerprint density at radius 3 is 2.41 bits per heavy atom. The summed E-state index contributed by atoms with van der Waals surface area (Å²) < 4.78 is 5.47. The summed E-state index contributed by atoms with van der Waals surface area (Å²) in [5.41, 5.74) is 0.922. The fourth-order valence-electron chi connectivity index (χ4n) is 4.77. The minimum absolute atomic E-state index is 0.0565. The van der Waals surface area contributed by atoms with Crippen molar-refractivity contribution in [1.82, 2.24) is 9.80 Å². The van der Waals surface area contributed by atoms with Crippen molar-refractivity contribution >= 4 is 17.9 Å². The Hall–Kier alpha value is -2.37. The van der Waals surface area contributed by atoms with Crippen LogP contribution in [0.1, 0.15) is 32.8 Å². The SMILES string of the molecule is C[C@@H]1C(=O)N(C(=O)C2[C@@H](C)[C@@H]2C)[C@H]2CCN(C(=O)OCc3ccccc3)[C@H]12. The van der Waals surface area contributed by atoms with Crippen LogP contribution in [0.4, 0.5) is 4.79 Å². The number of ether oxygens (including phenoxy) is 1. The van der Waals surface area contributed by atoms with Gasteiger partial charge in [-0.05, 0) is 23.8 Å². The lowest BCUT2D eigenvalue weighted by molar-refractivity contribution is -0.146. The normalized spacial score (nSPS) is 34.6. The molecule has 1 aromatic carbocycles. The second-order valence-electron chi connectivity index (χ2n) is 8.16. The standard InChI is InChI=1S/C21H26N2O4/c1-12-13(2)17(12)20(25)23-16-9-10-22(18(16)14(3)19(23)24)21(26)27-11-15-7-5-4-6-8-15/h4-8,12-14,16-18H,9-11H2,1-3H3/t12-,13-,14-,16-,18+/m0/s1. The van der Waals surface area contributed by atoms with Gasteiger partial charge in [-0.25, -0.2) is 4.79 Å². The highest BCUT2D eigenvalue weighted by Crippen LogP contribution is 2.48. The Morgan fingerprint density at radius 1 is 1.11 bits per heavy atom. The van der Waals surface area contributed by atoms with Crippen molar-refractivity contribution in [3.05, 3.63) is 35.9 Å². The van der Waals surface area contributed by atoms with Gasteiger partial charge in [0.05, 0.1) is 18.0 Å². The zero-order chi connectivity index (χ0) is 19.3. The Kier molecular flexibility index (Phi) is 4.44. The Bertz CT molecular complexity index is 757. The molecule has 3 fully saturated rings. The first kappa shape index (κ1) is 18.0. The van der Waals surface area contributed by atoms with E-state index < -0.39 is 6.09 Å². The van der Waals surface area contributed by atoms with E-state index in [1.54, 1.807) is 4.90 Å². The van der Waals surface area contributed by atoms with Crippen molar-refractivity contribution in [1.29, 1.82) is 0 Å². The van der Waals surface area contributed by atoms with Crippen LogP contribution in [-0.2, 0) is 20.9 Å². The third-order valence-corrected chi connectivity index (χ3v) is 6.67. The fraction of sp³-hybridized carbons (Fsp3) is 0.571.